The third-order valence-corrected chi connectivity index (χ3v) is 4.97. The summed E-state index contributed by atoms with van der Waals surface area (Å²) in [6, 6.07) is 10.2. The van der Waals surface area contributed by atoms with E-state index in [1.54, 1.807) is 12.1 Å². The molecule has 1 aromatic heterocycles. The Morgan fingerprint density at radius 3 is 2.57 bits per heavy atom. The number of primary sulfonamides is 1. The summed E-state index contributed by atoms with van der Waals surface area (Å²) >= 11 is 0. The van der Waals surface area contributed by atoms with Crippen molar-refractivity contribution in [3.8, 4) is 5.75 Å². The summed E-state index contributed by atoms with van der Waals surface area (Å²) in [7, 11) is -2.67. The Hall–Kier alpha value is -3.17. The second-order valence-electron chi connectivity index (χ2n) is 6.07. The smallest absolute Gasteiger partial charge is 0.342 e. The van der Waals surface area contributed by atoms with Crippen LogP contribution in [0.4, 0.5) is 0 Å². The van der Waals surface area contributed by atoms with Gasteiger partial charge in [-0.05, 0) is 36.8 Å². The highest BCUT2D eigenvalue weighted by molar-refractivity contribution is 7.89. The molecule has 3 aromatic rings. The van der Waals surface area contributed by atoms with Gasteiger partial charge in [0.25, 0.3) is 0 Å². The van der Waals surface area contributed by atoms with Gasteiger partial charge in [-0.15, -0.1) is 0 Å². The number of methoxy groups -OCH3 is 1. The van der Waals surface area contributed by atoms with E-state index in [2.05, 4.69) is 0 Å². The van der Waals surface area contributed by atoms with Crippen molar-refractivity contribution >= 4 is 27.0 Å². The topological polar surface area (TPSA) is 126 Å². The highest BCUT2D eigenvalue weighted by Crippen LogP contribution is 2.24. The van der Waals surface area contributed by atoms with Crippen molar-refractivity contribution in [2.24, 2.45) is 5.14 Å². The number of rotatable bonds is 5. The summed E-state index contributed by atoms with van der Waals surface area (Å²) in [5.41, 5.74) is 1.08. The van der Waals surface area contributed by atoms with Gasteiger partial charge in [0.1, 0.15) is 23.5 Å². The average molecular weight is 403 g/mol. The Balaban J connectivity index is 1.93. The van der Waals surface area contributed by atoms with Gasteiger partial charge >= 0.3 is 11.6 Å². The molecule has 8 nitrogen and oxygen atoms in total. The van der Waals surface area contributed by atoms with Crippen LogP contribution in [0.5, 0.6) is 5.75 Å². The van der Waals surface area contributed by atoms with Gasteiger partial charge in [0.15, 0.2) is 0 Å². The fraction of sp³-hybridized carbons (Fsp3) is 0.158. The van der Waals surface area contributed by atoms with Gasteiger partial charge in [-0.2, -0.15) is 0 Å². The Morgan fingerprint density at radius 2 is 1.89 bits per heavy atom. The molecular weight excluding hydrogens is 386 g/mol. The average Bonchev–Trinajstić information content (AvgIpc) is 2.64. The fourth-order valence-corrected chi connectivity index (χ4v) is 3.24. The van der Waals surface area contributed by atoms with Gasteiger partial charge in [-0.3, -0.25) is 0 Å². The first-order valence-electron chi connectivity index (χ1n) is 8.10. The van der Waals surface area contributed by atoms with Gasteiger partial charge < -0.3 is 13.9 Å². The number of esters is 1. The predicted octanol–water partition coefficient (Wildman–Crippen LogP) is 2.11. The van der Waals surface area contributed by atoms with Crippen LogP contribution in [0.15, 0.2) is 56.6 Å². The highest BCUT2D eigenvalue weighted by atomic mass is 32.2. The molecule has 2 N–H and O–H groups in total. The van der Waals surface area contributed by atoms with E-state index in [0.717, 1.165) is 11.6 Å². The van der Waals surface area contributed by atoms with Crippen molar-refractivity contribution in [3.05, 3.63) is 69.6 Å². The van der Waals surface area contributed by atoms with Gasteiger partial charge in [0.05, 0.1) is 12.0 Å². The van der Waals surface area contributed by atoms with Crippen molar-refractivity contribution < 1.29 is 27.1 Å². The lowest BCUT2D eigenvalue weighted by molar-refractivity contribution is 0.0470. The van der Waals surface area contributed by atoms with Crippen LogP contribution in [-0.4, -0.2) is 21.5 Å². The number of fused-ring (bicyclic) bond motifs is 1. The summed E-state index contributed by atoms with van der Waals surface area (Å²) in [6.45, 7) is 1.64. The predicted molar refractivity (Wildman–Crippen MR) is 101 cm³/mol. The zero-order valence-corrected chi connectivity index (χ0v) is 15.9. The molecule has 146 valence electrons. The molecular formula is C19H17NO7S. The normalized spacial score (nSPS) is 11.4. The number of nitrogens with two attached hydrogens (primary N) is 1. The minimum absolute atomic E-state index is 0.0999. The molecule has 0 amide bonds. The zero-order valence-electron chi connectivity index (χ0n) is 15.1. The first-order chi connectivity index (χ1) is 13.2. The van der Waals surface area contributed by atoms with E-state index in [9.17, 15) is 18.0 Å². The number of carbonyl (C=O) groups excluding carboxylic acids is 1. The van der Waals surface area contributed by atoms with E-state index in [1.807, 2.05) is 13.0 Å². The van der Waals surface area contributed by atoms with Gasteiger partial charge in [-0.25, -0.2) is 23.1 Å². The van der Waals surface area contributed by atoms with Crippen molar-refractivity contribution in [2.75, 3.05) is 7.11 Å². The molecule has 0 bridgehead atoms. The second kappa shape index (κ2) is 7.45. The first kappa shape index (κ1) is 19.6. The van der Waals surface area contributed by atoms with Crippen LogP contribution in [-0.2, 0) is 21.4 Å². The van der Waals surface area contributed by atoms with E-state index in [1.165, 1.54) is 25.3 Å². The molecule has 1 heterocycles. The lowest BCUT2D eigenvalue weighted by atomic mass is 10.1. The SMILES string of the molecule is COc1ccc(S(N)(=O)=O)cc1C(=O)OCc1cc(=O)oc2cc(C)ccc12. The number of sulfonamides is 1. The molecule has 0 atom stereocenters. The van der Waals surface area contributed by atoms with Crippen molar-refractivity contribution in [1.82, 2.24) is 0 Å². The van der Waals surface area contributed by atoms with Crippen LogP contribution < -0.4 is 15.5 Å². The number of hydrogen-bond donors (Lipinski definition) is 1. The minimum Gasteiger partial charge on any atom is -0.496 e. The first-order valence-corrected chi connectivity index (χ1v) is 9.65. The third-order valence-electron chi connectivity index (χ3n) is 4.06. The van der Waals surface area contributed by atoms with Crippen molar-refractivity contribution in [2.45, 2.75) is 18.4 Å². The fourth-order valence-electron chi connectivity index (χ4n) is 2.70. The number of hydrogen-bond acceptors (Lipinski definition) is 7. The highest BCUT2D eigenvalue weighted by Gasteiger charge is 2.19. The van der Waals surface area contributed by atoms with Gasteiger partial charge in [0.2, 0.25) is 10.0 Å². The standard InChI is InChI=1S/C19H17NO7S/c1-11-3-5-14-12(8-18(21)27-17(14)7-11)10-26-19(22)15-9-13(28(20,23)24)4-6-16(15)25-2/h3-9H,10H2,1-2H3,(H2,20,23,24). The molecule has 0 unspecified atom stereocenters. The van der Waals surface area contributed by atoms with Crippen LogP contribution in [0.2, 0.25) is 0 Å². The Labute approximate surface area is 160 Å². The lowest BCUT2D eigenvalue weighted by Crippen LogP contribution is -2.14. The molecule has 2 aromatic carbocycles. The van der Waals surface area contributed by atoms with E-state index in [4.69, 9.17) is 19.0 Å². The summed E-state index contributed by atoms with van der Waals surface area (Å²) in [6.07, 6.45) is 0. The quantitative estimate of drug-likeness (QED) is 0.511. The maximum atomic E-state index is 12.5. The molecule has 0 aliphatic carbocycles. The molecule has 0 radical (unpaired) electrons. The molecule has 0 aliphatic heterocycles. The molecule has 9 heteroatoms. The zero-order chi connectivity index (χ0) is 20.5. The summed E-state index contributed by atoms with van der Waals surface area (Å²) < 4.78 is 38.6. The lowest BCUT2D eigenvalue weighted by Gasteiger charge is -2.11. The van der Waals surface area contributed by atoms with Crippen LogP contribution in [0.25, 0.3) is 11.0 Å². The van der Waals surface area contributed by atoms with Crippen LogP contribution >= 0.6 is 0 Å². The number of aryl methyl sites for hydroxylation is 1. The molecule has 0 spiro atoms. The summed E-state index contributed by atoms with van der Waals surface area (Å²) in [5, 5.41) is 5.74. The molecule has 3 rings (SSSR count). The largest absolute Gasteiger partial charge is 0.496 e. The molecule has 0 saturated heterocycles. The van der Waals surface area contributed by atoms with E-state index in [-0.39, 0.29) is 22.8 Å². The van der Waals surface area contributed by atoms with Crippen LogP contribution in [0.1, 0.15) is 21.5 Å². The van der Waals surface area contributed by atoms with E-state index < -0.39 is 21.6 Å². The Kier molecular flexibility index (Phi) is 5.21. The second-order valence-corrected chi connectivity index (χ2v) is 7.63. The Bertz CT molecular complexity index is 1230. The number of carbonyl (C=O) groups is 1. The van der Waals surface area contributed by atoms with Gasteiger partial charge in [0, 0.05) is 17.0 Å². The molecule has 0 saturated carbocycles. The number of ether oxygens (including phenoxy) is 2. The van der Waals surface area contributed by atoms with Crippen LogP contribution in [0.3, 0.4) is 0 Å². The van der Waals surface area contributed by atoms with Gasteiger partial charge in [-0.1, -0.05) is 12.1 Å². The molecule has 0 aliphatic rings. The minimum atomic E-state index is -4.01. The monoisotopic (exact) mass is 403 g/mol. The van der Waals surface area contributed by atoms with Crippen molar-refractivity contribution in [3.63, 3.8) is 0 Å². The van der Waals surface area contributed by atoms with E-state index in [0.29, 0.717) is 16.5 Å². The maximum Gasteiger partial charge on any atom is 0.342 e. The third kappa shape index (κ3) is 4.05. The molecule has 0 fully saturated rings. The summed E-state index contributed by atoms with van der Waals surface area (Å²) in [5.74, 6) is -0.693. The van der Waals surface area contributed by atoms with Crippen LogP contribution in [0, 0.1) is 6.92 Å². The number of benzene rings is 2. The van der Waals surface area contributed by atoms with E-state index >= 15 is 0 Å². The summed E-state index contributed by atoms with van der Waals surface area (Å²) in [4.78, 5) is 24.0. The molecule has 28 heavy (non-hydrogen) atoms. The van der Waals surface area contributed by atoms with Crippen molar-refractivity contribution in [1.29, 1.82) is 0 Å². The Morgan fingerprint density at radius 1 is 1.14 bits per heavy atom. The maximum absolute atomic E-state index is 12.5.